The van der Waals surface area contributed by atoms with Gasteiger partial charge >= 0.3 is 11.6 Å². The average molecular weight is 295 g/mol. The monoisotopic (exact) mass is 294 g/mol. The van der Waals surface area contributed by atoms with Gasteiger partial charge in [-0.2, -0.15) is 4.98 Å². The van der Waals surface area contributed by atoms with Gasteiger partial charge in [-0.25, -0.2) is 4.98 Å². The minimum Gasteiger partial charge on any atom is -0.434 e. The number of aromatic nitrogens is 2. The lowest BCUT2D eigenvalue weighted by Crippen LogP contribution is -2.08. The predicted molar refractivity (Wildman–Crippen MR) is 74.5 cm³/mol. The topological polar surface area (TPSA) is 81.4 Å². The van der Waals surface area contributed by atoms with E-state index in [9.17, 15) is 10.1 Å². The van der Waals surface area contributed by atoms with Crippen molar-refractivity contribution < 1.29 is 9.66 Å². The minimum atomic E-state index is -0.675. The van der Waals surface area contributed by atoms with Gasteiger partial charge in [0, 0.05) is 19.8 Å². The zero-order valence-electron chi connectivity index (χ0n) is 10.8. The van der Waals surface area contributed by atoms with Gasteiger partial charge in [-0.05, 0) is 24.3 Å². The molecule has 8 heteroatoms. The van der Waals surface area contributed by atoms with Crippen molar-refractivity contribution in [1.82, 2.24) is 9.97 Å². The van der Waals surface area contributed by atoms with E-state index in [0.29, 0.717) is 5.75 Å². The lowest BCUT2D eigenvalue weighted by atomic mass is 10.3. The molecule has 0 unspecified atom stereocenters. The van der Waals surface area contributed by atoms with Crippen LogP contribution >= 0.6 is 11.6 Å². The Kier molecular flexibility index (Phi) is 3.99. The zero-order chi connectivity index (χ0) is 14.7. The van der Waals surface area contributed by atoms with Gasteiger partial charge in [-0.3, -0.25) is 10.1 Å². The number of anilines is 1. The standard InChI is InChI=1S/C12H11ClN4O3/c1-16(2)8-3-5-9(6-4-8)20-12-10(17(18)19)11(13)14-7-15-12/h3-7H,1-2H3. The highest BCUT2D eigenvalue weighted by Crippen LogP contribution is 2.33. The number of benzene rings is 1. The SMILES string of the molecule is CN(C)c1ccc(Oc2ncnc(Cl)c2[N+](=O)[O-])cc1. The predicted octanol–water partition coefficient (Wildman–Crippen LogP) is 2.90. The average Bonchev–Trinajstić information content (AvgIpc) is 2.39. The molecule has 1 aromatic heterocycles. The van der Waals surface area contributed by atoms with Gasteiger partial charge in [0.1, 0.15) is 12.1 Å². The lowest BCUT2D eigenvalue weighted by molar-refractivity contribution is -0.386. The number of nitro groups is 1. The van der Waals surface area contributed by atoms with Crippen LogP contribution in [0.3, 0.4) is 0 Å². The van der Waals surface area contributed by atoms with Gasteiger partial charge in [0.25, 0.3) is 0 Å². The molecule has 0 saturated heterocycles. The fourth-order valence-corrected chi connectivity index (χ4v) is 1.69. The zero-order valence-corrected chi connectivity index (χ0v) is 11.5. The number of hydrogen-bond acceptors (Lipinski definition) is 6. The maximum atomic E-state index is 10.9. The second-order valence-electron chi connectivity index (χ2n) is 4.07. The van der Waals surface area contributed by atoms with Crippen molar-refractivity contribution in [2.75, 3.05) is 19.0 Å². The van der Waals surface area contributed by atoms with Crippen LogP contribution in [0, 0.1) is 10.1 Å². The Morgan fingerprint density at radius 2 is 1.90 bits per heavy atom. The molecule has 0 aliphatic rings. The van der Waals surface area contributed by atoms with Crippen LogP contribution in [0.2, 0.25) is 5.15 Å². The molecule has 20 heavy (non-hydrogen) atoms. The summed E-state index contributed by atoms with van der Waals surface area (Å²) >= 11 is 5.68. The molecule has 0 atom stereocenters. The molecule has 104 valence electrons. The van der Waals surface area contributed by atoms with Gasteiger partial charge in [-0.1, -0.05) is 11.6 Å². The molecule has 2 aromatic rings. The van der Waals surface area contributed by atoms with Gasteiger partial charge in [0.15, 0.2) is 0 Å². The summed E-state index contributed by atoms with van der Waals surface area (Å²) < 4.78 is 5.39. The number of nitrogens with zero attached hydrogens (tertiary/aromatic N) is 4. The highest BCUT2D eigenvalue weighted by atomic mass is 35.5. The largest absolute Gasteiger partial charge is 0.434 e. The second-order valence-corrected chi connectivity index (χ2v) is 4.42. The fraction of sp³-hybridized carbons (Fsp3) is 0.167. The minimum absolute atomic E-state index is 0.187. The van der Waals surface area contributed by atoms with Crippen LogP contribution in [0.5, 0.6) is 11.6 Å². The first-order valence-corrected chi connectivity index (χ1v) is 5.97. The Balaban J connectivity index is 2.30. The quantitative estimate of drug-likeness (QED) is 0.490. The van der Waals surface area contributed by atoms with Gasteiger partial charge in [0.05, 0.1) is 4.92 Å². The maximum Gasteiger partial charge on any atom is 0.368 e. The lowest BCUT2D eigenvalue weighted by Gasteiger charge is -2.12. The molecular formula is C12H11ClN4O3. The molecule has 0 amide bonds. The molecule has 0 fully saturated rings. The summed E-state index contributed by atoms with van der Waals surface area (Å²) in [5, 5.41) is 10.7. The number of hydrogen-bond donors (Lipinski definition) is 0. The third-order valence-electron chi connectivity index (χ3n) is 2.49. The van der Waals surface area contributed by atoms with Crippen LogP contribution in [0.1, 0.15) is 0 Å². The first-order chi connectivity index (χ1) is 9.49. The maximum absolute atomic E-state index is 10.9. The molecule has 0 N–H and O–H groups in total. The molecule has 0 aliphatic heterocycles. The molecule has 2 rings (SSSR count). The van der Waals surface area contributed by atoms with Crippen molar-refractivity contribution in [3.63, 3.8) is 0 Å². The van der Waals surface area contributed by atoms with E-state index in [-0.39, 0.29) is 11.0 Å². The summed E-state index contributed by atoms with van der Waals surface area (Å²) in [6.45, 7) is 0. The highest BCUT2D eigenvalue weighted by molar-refractivity contribution is 6.31. The van der Waals surface area contributed by atoms with Gasteiger partial charge in [0.2, 0.25) is 5.15 Å². The van der Waals surface area contributed by atoms with Crippen LogP contribution in [-0.4, -0.2) is 29.0 Å². The van der Waals surface area contributed by atoms with Gasteiger partial charge < -0.3 is 9.64 Å². The molecule has 1 aromatic carbocycles. The Hall–Kier alpha value is -2.41. The molecule has 0 aliphatic carbocycles. The summed E-state index contributed by atoms with van der Waals surface area (Å²) in [5.74, 6) is 0.237. The molecular weight excluding hydrogens is 284 g/mol. The normalized spacial score (nSPS) is 10.2. The van der Waals surface area contributed by atoms with E-state index in [1.54, 1.807) is 12.1 Å². The molecule has 0 radical (unpaired) electrons. The van der Waals surface area contributed by atoms with Crippen molar-refractivity contribution in [3.8, 4) is 11.6 Å². The van der Waals surface area contributed by atoms with Crippen LogP contribution in [0.4, 0.5) is 11.4 Å². The molecule has 7 nitrogen and oxygen atoms in total. The third kappa shape index (κ3) is 2.94. The van der Waals surface area contributed by atoms with Crippen LogP contribution in [0.15, 0.2) is 30.6 Å². The van der Waals surface area contributed by atoms with Crippen molar-refractivity contribution in [2.45, 2.75) is 0 Å². The first kappa shape index (κ1) is 14.0. The third-order valence-corrected chi connectivity index (χ3v) is 2.77. The van der Waals surface area contributed by atoms with Crippen LogP contribution in [0.25, 0.3) is 0 Å². The van der Waals surface area contributed by atoms with E-state index in [2.05, 4.69) is 9.97 Å². The highest BCUT2D eigenvalue weighted by Gasteiger charge is 2.23. The molecule has 0 saturated carbocycles. The van der Waals surface area contributed by atoms with Crippen molar-refractivity contribution in [1.29, 1.82) is 0 Å². The number of ether oxygens (including phenoxy) is 1. The van der Waals surface area contributed by atoms with E-state index in [0.717, 1.165) is 12.0 Å². The molecule has 0 bridgehead atoms. The van der Waals surface area contributed by atoms with Crippen LogP contribution in [-0.2, 0) is 0 Å². The van der Waals surface area contributed by atoms with Gasteiger partial charge in [-0.15, -0.1) is 0 Å². The summed E-state index contributed by atoms with van der Waals surface area (Å²) in [6, 6.07) is 7.03. The molecule has 1 heterocycles. The Bertz CT molecular complexity index is 631. The molecule has 0 spiro atoms. The summed E-state index contributed by atoms with van der Waals surface area (Å²) in [6.07, 6.45) is 1.11. The van der Waals surface area contributed by atoms with Crippen molar-refractivity contribution in [3.05, 3.63) is 45.9 Å². The summed E-state index contributed by atoms with van der Waals surface area (Å²) in [7, 11) is 3.82. The van der Waals surface area contributed by atoms with E-state index < -0.39 is 10.6 Å². The summed E-state index contributed by atoms with van der Waals surface area (Å²) in [5.41, 5.74) is 0.526. The van der Waals surface area contributed by atoms with E-state index in [1.165, 1.54) is 0 Å². The van der Waals surface area contributed by atoms with E-state index in [1.807, 2.05) is 31.1 Å². The van der Waals surface area contributed by atoms with E-state index >= 15 is 0 Å². The number of halogens is 1. The van der Waals surface area contributed by atoms with Crippen molar-refractivity contribution >= 4 is 23.0 Å². The van der Waals surface area contributed by atoms with Crippen LogP contribution < -0.4 is 9.64 Å². The fourth-order valence-electron chi connectivity index (χ4n) is 1.49. The first-order valence-electron chi connectivity index (χ1n) is 5.59. The Morgan fingerprint density at radius 1 is 1.25 bits per heavy atom. The summed E-state index contributed by atoms with van der Waals surface area (Å²) in [4.78, 5) is 19.5. The number of rotatable bonds is 4. The smallest absolute Gasteiger partial charge is 0.368 e. The van der Waals surface area contributed by atoms with E-state index in [4.69, 9.17) is 16.3 Å². The Labute approximate surface area is 119 Å². The Morgan fingerprint density at radius 3 is 2.45 bits per heavy atom. The van der Waals surface area contributed by atoms with Crippen molar-refractivity contribution in [2.24, 2.45) is 0 Å². The second kappa shape index (κ2) is 5.70.